The Kier molecular flexibility index (Phi) is 5.17. The number of aromatic nitrogens is 3. The standard InChI is InChI=1S/C14H23N5O/c1-4-6-15-12-11-19-9-7-16-13(19)14(17-12)18(2)8-5-10-20-3/h7,9,11,15H,4-6,8,10H2,1-3H3. The molecule has 110 valence electrons. The van der Waals surface area contributed by atoms with E-state index < -0.39 is 0 Å². The molecule has 0 saturated carbocycles. The summed E-state index contributed by atoms with van der Waals surface area (Å²) < 4.78 is 7.10. The summed E-state index contributed by atoms with van der Waals surface area (Å²) in [6.07, 6.45) is 7.76. The lowest BCUT2D eigenvalue weighted by Crippen LogP contribution is -2.22. The van der Waals surface area contributed by atoms with Gasteiger partial charge in [0.15, 0.2) is 11.5 Å². The smallest absolute Gasteiger partial charge is 0.180 e. The quantitative estimate of drug-likeness (QED) is 0.748. The van der Waals surface area contributed by atoms with Crippen molar-refractivity contribution in [3.8, 4) is 0 Å². The highest BCUT2D eigenvalue weighted by Crippen LogP contribution is 2.19. The van der Waals surface area contributed by atoms with Crippen molar-refractivity contribution in [1.29, 1.82) is 0 Å². The summed E-state index contributed by atoms with van der Waals surface area (Å²) in [6.45, 7) is 4.70. The van der Waals surface area contributed by atoms with E-state index >= 15 is 0 Å². The Hall–Kier alpha value is -1.82. The number of hydrogen-bond acceptors (Lipinski definition) is 5. The Morgan fingerprint density at radius 1 is 1.45 bits per heavy atom. The predicted octanol–water partition coefficient (Wildman–Crippen LogP) is 2.02. The van der Waals surface area contributed by atoms with Crippen molar-refractivity contribution in [2.75, 3.05) is 44.1 Å². The van der Waals surface area contributed by atoms with Crippen LogP contribution in [0, 0.1) is 0 Å². The van der Waals surface area contributed by atoms with Gasteiger partial charge in [0, 0.05) is 46.2 Å². The van der Waals surface area contributed by atoms with E-state index in [9.17, 15) is 0 Å². The SMILES string of the molecule is CCCNc1cn2ccnc2c(N(C)CCCOC)n1. The maximum atomic E-state index is 5.10. The van der Waals surface area contributed by atoms with Crippen LogP contribution < -0.4 is 10.2 Å². The van der Waals surface area contributed by atoms with Gasteiger partial charge in [-0.15, -0.1) is 0 Å². The van der Waals surface area contributed by atoms with Crippen LogP contribution in [0.25, 0.3) is 5.65 Å². The van der Waals surface area contributed by atoms with Gasteiger partial charge in [0.2, 0.25) is 0 Å². The average Bonchev–Trinajstić information content (AvgIpc) is 2.92. The van der Waals surface area contributed by atoms with E-state index in [2.05, 4.69) is 27.1 Å². The van der Waals surface area contributed by atoms with Crippen molar-refractivity contribution < 1.29 is 4.74 Å². The molecule has 0 fully saturated rings. The molecule has 6 heteroatoms. The van der Waals surface area contributed by atoms with E-state index in [1.165, 1.54) is 0 Å². The van der Waals surface area contributed by atoms with E-state index in [1.54, 1.807) is 13.3 Å². The third-order valence-corrected chi connectivity index (χ3v) is 3.12. The topological polar surface area (TPSA) is 54.7 Å². The van der Waals surface area contributed by atoms with Crippen LogP contribution in [0.5, 0.6) is 0 Å². The number of anilines is 2. The molecule has 0 saturated heterocycles. The fourth-order valence-corrected chi connectivity index (χ4v) is 2.06. The minimum Gasteiger partial charge on any atom is -0.385 e. The highest BCUT2D eigenvalue weighted by Gasteiger charge is 2.11. The number of fused-ring (bicyclic) bond motifs is 1. The van der Waals surface area contributed by atoms with Crippen LogP contribution in [0.3, 0.4) is 0 Å². The highest BCUT2D eigenvalue weighted by molar-refractivity contribution is 5.66. The van der Waals surface area contributed by atoms with Crippen LogP contribution in [-0.4, -0.2) is 48.2 Å². The van der Waals surface area contributed by atoms with Crippen LogP contribution in [0.4, 0.5) is 11.6 Å². The Bertz CT molecular complexity index is 539. The molecule has 6 nitrogen and oxygen atoms in total. The van der Waals surface area contributed by atoms with Gasteiger partial charge in [-0.1, -0.05) is 6.92 Å². The molecule has 0 atom stereocenters. The van der Waals surface area contributed by atoms with Gasteiger partial charge in [-0.2, -0.15) is 0 Å². The number of hydrogen-bond donors (Lipinski definition) is 1. The van der Waals surface area contributed by atoms with Crippen LogP contribution in [-0.2, 0) is 4.74 Å². The zero-order valence-electron chi connectivity index (χ0n) is 12.5. The third-order valence-electron chi connectivity index (χ3n) is 3.12. The molecule has 0 spiro atoms. The summed E-state index contributed by atoms with van der Waals surface area (Å²) in [7, 11) is 3.76. The lowest BCUT2D eigenvalue weighted by Gasteiger charge is -2.19. The Balaban J connectivity index is 2.22. The molecule has 0 unspecified atom stereocenters. The molecule has 1 N–H and O–H groups in total. The Morgan fingerprint density at radius 3 is 3.05 bits per heavy atom. The van der Waals surface area contributed by atoms with Gasteiger partial charge in [0.1, 0.15) is 5.82 Å². The first kappa shape index (κ1) is 14.6. The summed E-state index contributed by atoms with van der Waals surface area (Å²) in [4.78, 5) is 11.2. The van der Waals surface area contributed by atoms with Crippen molar-refractivity contribution in [2.24, 2.45) is 0 Å². The fraction of sp³-hybridized carbons (Fsp3) is 0.571. The molecule has 0 aliphatic heterocycles. The number of nitrogens with zero attached hydrogens (tertiary/aromatic N) is 4. The van der Waals surface area contributed by atoms with E-state index in [4.69, 9.17) is 4.74 Å². The summed E-state index contributed by atoms with van der Waals surface area (Å²) in [5, 5.41) is 3.33. The number of methoxy groups -OCH3 is 1. The summed E-state index contributed by atoms with van der Waals surface area (Å²) in [6, 6.07) is 0. The minimum atomic E-state index is 0.753. The van der Waals surface area contributed by atoms with Gasteiger partial charge in [-0.25, -0.2) is 9.97 Å². The molecule has 2 rings (SSSR count). The Morgan fingerprint density at radius 2 is 2.30 bits per heavy atom. The summed E-state index contributed by atoms with van der Waals surface area (Å²) in [5.74, 6) is 1.78. The molecule has 0 aromatic carbocycles. The van der Waals surface area contributed by atoms with E-state index in [0.29, 0.717) is 0 Å². The van der Waals surface area contributed by atoms with Gasteiger partial charge >= 0.3 is 0 Å². The molecule has 0 aliphatic carbocycles. The number of nitrogens with one attached hydrogen (secondary N) is 1. The van der Waals surface area contributed by atoms with E-state index in [0.717, 1.165) is 49.8 Å². The average molecular weight is 277 g/mol. The summed E-state index contributed by atoms with van der Waals surface area (Å²) in [5.41, 5.74) is 0.881. The molecule has 0 amide bonds. The lowest BCUT2D eigenvalue weighted by atomic mass is 10.4. The maximum absolute atomic E-state index is 5.10. The first-order chi connectivity index (χ1) is 9.76. The van der Waals surface area contributed by atoms with Crippen LogP contribution >= 0.6 is 0 Å². The monoisotopic (exact) mass is 277 g/mol. The molecular formula is C14H23N5O. The molecular weight excluding hydrogens is 254 g/mol. The fourth-order valence-electron chi connectivity index (χ4n) is 2.06. The second-order valence-corrected chi connectivity index (χ2v) is 4.80. The molecule has 0 aliphatic rings. The first-order valence-corrected chi connectivity index (χ1v) is 7.04. The Labute approximate surface area is 119 Å². The van der Waals surface area contributed by atoms with Gasteiger partial charge in [-0.05, 0) is 12.8 Å². The summed E-state index contributed by atoms with van der Waals surface area (Å²) >= 11 is 0. The van der Waals surface area contributed by atoms with Crippen molar-refractivity contribution in [3.63, 3.8) is 0 Å². The molecule has 2 aromatic rings. The molecule has 0 radical (unpaired) electrons. The van der Waals surface area contributed by atoms with Crippen molar-refractivity contribution in [1.82, 2.24) is 14.4 Å². The largest absolute Gasteiger partial charge is 0.385 e. The lowest BCUT2D eigenvalue weighted by molar-refractivity contribution is 0.196. The number of imidazole rings is 1. The number of rotatable bonds is 8. The van der Waals surface area contributed by atoms with E-state index in [1.807, 2.05) is 23.8 Å². The third kappa shape index (κ3) is 3.39. The zero-order valence-corrected chi connectivity index (χ0v) is 12.5. The molecule has 2 aromatic heterocycles. The first-order valence-electron chi connectivity index (χ1n) is 7.04. The maximum Gasteiger partial charge on any atom is 0.180 e. The van der Waals surface area contributed by atoms with Crippen LogP contribution in [0.2, 0.25) is 0 Å². The van der Waals surface area contributed by atoms with Gasteiger partial charge in [0.25, 0.3) is 0 Å². The zero-order chi connectivity index (χ0) is 14.4. The molecule has 20 heavy (non-hydrogen) atoms. The number of ether oxygens (including phenoxy) is 1. The normalized spacial score (nSPS) is 10.9. The van der Waals surface area contributed by atoms with Crippen molar-refractivity contribution in [2.45, 2.75) is 19.8 Å². The van der Waals surface area contributed by atoms with Gasteiger partial charge in [-0.3, -0.25) is 0 Å². The molecule has 2 heterocycles. The molecule has 0 bridgehead atoms. The van der Waals surface area contributed by atoms with Crippen molar-refractivity contribution in [3.05, 3.63) is 18.6 Å². The predicted molar refractivity (Wildman–Crippen MR) is 81.5 cm³/mol. The second kappa shape index (κ2) is 7.09. The minimum absolute atomic E-state index is 0.753. The van der Waals surface area contributed by atoms with Gasteiger partial charge < -0.3 is 19.4 Å². The highest BCUT2D eigenvalue weighted by atomic mass is 16.5. The van der Waals surface area contributed by atoms with Gasteiger partial charge in [0.05, 0.1) is 6.20 Å². The van der Waals surface area contributed by atoms with E-state index in [-0.39, 0.29) is 0 Å². The van der Waals surface area contributed by atoms with Crippen molar-refractivity contribution >= 4 is 17.3 Å². The second-order valence-electron chi connectivity index (χ2n) is 4.80. The van der Waals surface area contributed by atoms with Crippen LogP contribution in [0.1, 0.15) is 19.8 Å². The van der Waals surface area contributed by atoms with Crippen LogP contribution in [0.15, 0.2) is 18.6 Å².